The van der Waals surface area contributed by atoms with Crippen LogP contribution in [0, 0.1) is 0 Å². The van der Waals surface area contributed by atoms with Crippen LogP contribution < -0.4 is 31.9 Å². The van der Waals surface area contributed by atoms with Crippen LogP contribution in [0.2, 0.25) is 0 Å². The highest BCUT2D eigenvalue weighted by Crippen LogP contribution is 2.31. The Morgan fingerprint density at radius 2 is 0.617 bits per heavy atom. The number of nitrogens with one attached hydrogen (secondary N) is 6. The molecule has 6 N–H and O–H groups in total. The summed E-state index contributed by atoms with van der Waals surface area (Å²) in [6.45, 7) is 10.6. The molecule has 0 bridgehead atoms. The van der Waals surface area contributed by atoms with Crippen LogP contribution in [-0.4, -0.2) is 53.6 Å². The van der Waals surface area contributed by atoms with E-state index in [1.54, 1.807) is 0 Å². The summed E-state index contributed by atoms with van der Waals surface area (Å²) < 4.78 is 0. The third kappa shape index (κ3) is 13.6. The molecule has 0 aliphatic carbocycles. The standard InChI is InChI=1S/C48H60N6O6/c1-7-37-40(28-49-46(58)43(52-31(4)55)25-34-19-13-10-14-20-34)38(8-2)42(30-51-48(60)45(54-33(6)57)27-36-23-17-12-18-24-36)39(9-3)41(37)29-50-47(59)44(53-32(5)56)26-35-21-15-11-16-22-35/h10-24,43-45H,7-9,25-30H2,1-6H3,(H,49,58)(H,50,59)(H,51,60)(H,52,55)(H,53,56)(H,54,57)/t43-,44-,45-/m1/s1. The Kier molecular flexibility index (Phi) is 18.0. The van der Waals surface area contributed by atoms with Crippen LogP contribution in [0.1, 0.15) is 91.6 Å². The normalized spacial score (nSPS) is 12.3. The van der Waals surface area contributed by atoms with E-state index >= 15 is 0 Å². The van der Waals surface area contributed by atoms with Gasteiger partial charge in [-0.25, -0.2) is 0 Å². The Bertz CT molecular complexity index is 1830. The number of rotatable bonds is 21. The van der Waals surface area contributed by atoms with Gasteiger partial charge in [-0.05, 0) is 69.3 Å². The van der Waals surface area contributed by atoms with E-state index in [0.29, 0.717) is 38.5 Å². The SMILES string of the molecule is CCc1c(CNC(=O)[C@@H](Cc2ccccc2)NC(C)=O)c(CC)c(CNC(=O)[C@@H](Cc2ccccc2)NC(C)=O)c(CC)c1CNC(=O)[C@@H](Cc1ccccc1)NC(C)=O. The summed E-state index contributed by atoms with van der Waals surface area (Å²) in [7, 11) is 0. The van der Waals surface area contributed by atoms with Crippen molar-refractivity contribution >= 4 is 35.4 Å². The lowest BCUT2D eigenvalue weighted by Gasteiger charge is -2.28. The van der Waals surface area contributed by atoms with Crippen LogP contribution in [0.15, 0.2) is 91.0 Å². The molecule has 0 radical (unpaired) electrons. The van der Waals surface area contributed by atoms with Crippen LogP contribution in [-0.2, 0) is 86.9 Å². The van der Waals surface area contributed by atoms with Crippen LogP contribution in [0.3, 0.4) is 0 Å². The summed E-state index contributed by atoms with van der Waals surface area (Å²) in [5.74, 6) is -2.02. The fourth-order valence-corrected chi connectivity index (χ4v) is 7.82. The van der Waals surface area contributed by atoms with Crippen molar-refractivity contribution in [1.29, 1.82) is 0 Å². The third-order valence-electron chi connectivity index (χ3n) is 10.5. The van der Waals surface area contributed by atoms with Gasteiger partial charge in [-0.3, -0.25) is 28.8 Å². The maximum atomic E-state index is 13.9. The molecular weight excluding hydrogens is 757 g/mol. The molecule has 0 aromatic heterocycles. The summed E-state index contributed by atoms with van der Waals surface area (Å²) in [6.07, 6.45) is 2.62. The van der Waals surface area contributed by atoms with Crippen molar-refractivity contribution in [3.63, 3.8) is 0 Å². The van der Waals surface area contributed by atoms with Crippen LogP contribution in [0.5, 0.6) is 0 Å². The van der Waals surface area contributed by atoms with Gasteiger partial charge in [0.15, 0.2) is 0 Å². The Hall–Kier alpha value is -6.30. The number of hydrogen-bond acceptors (Lipinski definition) is 6. The molecule has 60 heavy (non-hydrogen) atoms. The van der Waals surface area contributed by atoms with Gasteiger partial charge >= 0.3 is 0 Å². The summed E-state index contributed by atoms with van der Waals surface area (Å²) >= 11 is 0. The van der Waals surface area contributed by atoms with Crippen molar-refractivity contribution in [2.24, 2.45) is 0 Å². The van der Waals surface area contributed by atoms with Gasteiger partial charge in [0.1, 0.15) is 18.1 Å². The van der Waals surface area contributed by atoms with E-state index < -0.39 is 18.1 Å². The molecule has 0 aliphatic heterocycles. The van der Waals surface area contributed by atoms with E-state index in [1.807, 2.05) is 112 Å². The number of carbonyl (C=O) groups is 6. The summed E-state index contributed by atoms with van der Waals surface area (Å²) in [6, 6.07) is 26.0. The number of benzene rings is 4. The quantitative estimate of drug-likeness (QED) is 0.0725. The fraction of sp³-hybridized carbons (Fsp3) is 0.375. The second-order valence-corrected chi connectivity index (χ2v) is 14.9. The topological polar surface area (TPSA) is 175 Å². The van der Waals surface area contributed by atoms with Gasteiger partial charge in [0, 0.05) is 59.7 Å². The Morgan fingerprint density at radius 3 is 0.817 bits per heavy atom. The Labute approximate surface area is 354 Å². The van der Waals surface area contributed by atoms with Gasteiger partial charge in [0.25, 0.3) is 0 Å². The first kappa shape index (κ1) is 46.4. The highest BCUT2D eigenvalue weighted by molar-refractivity contribution is 5.89. The van der Waals surface area contributed by atoms with Gasteiger partial charge in [-0.1, -0.05) is 112 Å². The minimum absolute atomic E-state index is 0.132. The Morgan fingerprint density at radius 1 is 0.383 bits per heavy atom. The van der Waals surface area contributed by atoms with Crippen molar-refractivity contribution in [3.8, 4) is 0 Å². The van der Waals surface area contributed by atoms with E-state index in [0.717, 1.165) is 50.1 Å². The molecule has 0 unspecified atom stereocenters. The lowest BCUT2D eigenvalue weighted by atomic mass is 9.83. The molecule has 6 amide bonds. The second kappa shape index (κ2) is 23.3. The molecule has 0 heterocycles. The van der Waals surface area contributed by atoms with Gasteiger partial charge in [0.2, 0.25) is 35.4 Å². The smallest absolute Gasteiger partial charge is 0.243 e. The molecule has 0 fully saturated rings. The number of carbonyl (C=O) groups excluding carboxylic acids is 6. The zero-order valence-electron chi connectivity index (χ0n) is 35.7. The number of amides is 6. The first-order chi connectivity index (χ1) is 28.8. The molecule has 318 valence electrons. The van der Waals surface area contributed by atoms with E-state index in [2.05, 4.69) is 31.9 Å². The fourth-order valence-electron chi connectivity index (χ4n) is 7.82. The highest BCUT2D eigenvalue weighted by atomic mass is 16.2. The summed E-state index contributed by atoms with van der Waals surface area (Å²) in [4.78, 5) is 78.4. The molecule has 12 nitrogen and oxygen atoms in total. The molecule has 0 saturated heterocycles. The molecule has 12 heteroatoms. The third-order valence-corrected chi connectivity index (χ3v) is 10.5. The molecule has 4 aromatic rings. The monoisotopic (exact) mass is 816 g/mol. The predicted molar refractivity (Wildman–Crippen MR) is 233 cm³/mol. The first-order valence-corrected chi connectivity index (χ1v) is 20.8. The zero-order valence-corrected chi connectivity index (χ0v) is 35.7. The first-order valence-electron chi connectivity index (χ1n) is 20.8. The van der Waals surface area contributed by atoms with Crippen LogP contribution in [0.25, 0.3) is 0 Å². The molecule has 4 rings (SSSR count). The maximum absolute atomic E-state index is 13.9. The second-order valence-electron chi connectivity index (χ2n) is 14.9. The lowest BCUT2D eigenvalue weighted by Crippen LogP contribution is -2.48. The zero-order chi connectivity index (χ0) is 43.6. The minimum atomic E-state index is -0.821. The molecule has 0 aliphatic rings. The van der Waals surface area contributed by atoms with Crippen molar-refractivity contribution in [2.75, 3.05) is 0 Å². The molecule has 3 atom stereocenters. The molecular formula is C48H60N6O6. The van der Waals surface area contributed by atoms with Gasteiger partial charge in [-0.15, -0.1) is 0 Å². The molecule has 0 saturated carbocycles. The van der Waals surface area contributed by atoms with E-state index in [1.165, 1.54) is 20.8 Å². The average Bonchev–Trinajstić information content (AvgIpc) is 3.23. The van der Waals surface area contributed by atoms with Crippen molar-refractivity contribution in [2.45, 2.75) is 118 Å². The van der Waals surface area contributed by atoms with E-state index in [9.17, 15) is 28.8 Å². The van der Waals surface area contributed by atoms with Crippen LogP contribution >= 0.6 is 0 Å². The van der Waals surface area contributed by atoms with E-state index in [4.69, 9.17) is 0 Å². The maximum Gasteiger partial charge on any atom is 0.243 e. The highest BCUT2D eigenvalue weighted by Gasteiger charge is 2.27. The summed E-state index contributed by atoms with van der Waals surface area (Å²) in [5, 5.41) is 17.7. The predicted octanol–water partition coefficient (Wildman–Crippen LogP) is 4.46. The number of hydrogen-bond donors (Lipinski definition) is 6. The summed E-state index contributed by atoms with van der Waals surface area (Å²) in [5.41, 5.74) is 8.16. The van der Waals surface area contributed by atoms with Gasteiger partial charge in [0.05, 0.1) is 0 Å². The Balaban J connectivity index is 1.75. The lowest BCUT2D eigenvalue weighted by molar-refractivity contribution is -0.128. The van der Waals surface area contributed by atoms with Crippen molar-refractivity contribution in [3.05, 3.63) is 141 Å². The van der Waals surface area contributed by atoms with Gasteiger partial charge < -0.3 is 31.9 Å². The molecule has 4 aromatic carbocycles. The van der Waals surface area contributed by atoms with Crippen LogP contribution in [0.4, 0.5) is 0 Å². The minimum Gasteiger partial charge on any atom is -0.350 e. The molecule has 0 spiro atoms. The average molecular weight is 817 g/mol. The van der Waals surface area contributed by atoms with Crippen molar-refractivity contribution < 1.29 is 28.8 Å². The van der Waals surface area contributed by atoms with Crippen molar-refractivity contribution in [1.82, 2.24) is 31.9 Å². The largest absolute Gasteiger partial charge is 0.350 e. The van der Waals surface area contributed by atoms with E-state index in [-0.39, 0.29) is 55.1 Å². The van der Waals surface area contributed by atoms with Gasteiger partial charge in [-0.2, -0.15) is 0 Å².